The first-order valence-corrected chi connectivity index (χ1v) is 11.5. The number of hydrogen-bond acceptors (Lipinski definition) is 7. The van der Waals surface area contributed by atoms with Gasteiger partial charge in [-0.2, -0.15) is 0 Å². The van der Waals surface area contributed by atoms with E-state index >= 15 is 0 Å². The van der Waals surface area contributed by atoms with E-state index in [9.17, 15) is 4.79 Å². The summed E-state index contributed by atoms with van der Waals surface area (Å²) in [5.74, 6) is 0.903. The molecule has 0 saturated carbocycles. The van der Waals surface area contributed by atoms with Crippen LogP contribution in [0.4, 0.5) is 5.69 Å². The van der Waals surface area contributed by atoms with Crippen LogP contribution in [0.5, 0.6) is 0 Å². The number of benzene rings is 1. The van der Waals surface area contributed by atoms with Gasteiger partial charge in [0, 0.05) is 49.9 Å². The van der Waals surface area contributed by atoms with Crippen LogP contribution in [0.2, 0.25) is 0 Å². The van der Waals surface area contributed by atoms with Crippen molar-refractivity contribution in [2.75, 3.05) is 31.5 Å². The zero-order chi connectivity index (χ0) is 21.8. The number of carbonyl (C=O) groups excluding carboxylic acids is 1. The van der Waals surface area contributed by atoms with Gasteiger partial charge in [0.25, 0.3) is 0 Å². The summed E-state index contributed by atoms with van der Waals surface area (Å²) in [6, 6.07) is 8.08. The molecular weight excluding hydrogens is 410 g/mol. The molecule has 2 aromatic heterocycles. The number of hydrogen-bond donors (Lipinski definition) is 1. The Kier molecular flexibility index (Phi) is 6.80. The number of rotatable bonds is 7. The van der Waals surface area contributed by atoms with Crippen LogP contribution in [0.3, 0.4) is 0 Å². The highest BCUT2D eigenvalue weighted by Crippen LogP contribution is 2.18. The number of thiazole rings is 1. The number of amides is 1. The lowest BCUT2D eigenvalue weighted by molar-refractivity contribution is -0.115. The average molecular weight is 440 g/mol. The predicted octanol–water partition coefficient (Wildman–Crippen LogP) is 3.56. The van der Waals surface area contributed by atoms with Gasteiger partial charge < -0.3 is 9.84 Å². The fourth-order valence-corrected chi connectivity index (χ4v) is 4.53. The molecule has 0 atom stereocenters. The van der Waals surface area contributed by atoms with Crippen LogP contribution in [-0.2, 0) is 24.3 Å². The fraction of sp³-hybridized carbons (Fsp3) is 0.435. The summed E-state index contributed by atoms with van der Waals surface area (Å²) < 4.78 is 5.33. The van der Waals surface area contributed by atoms with E-state index in [1.165, 1.54) is 0 Å². The Bertz CT molecular complexity index is 1040. The quantitative estimate of drug-likeness (QED) is 0.607. The van der Waals surface area contributed by atoms with Crippen molar-refractivity contribution in [3.8, 4) is 0 Å². The molecule has 164 valence electrons. The Morgan fingerprint density at radius 1 is 1.10 bits per heavy atom. The van der Waals surface area contributed by atoms with E-state index in [4.69, 9.17) is 9.51 Å². The minimum Gasteiger partial charge on any atom is -0.360 e. The number of nitrogens with one attached hydrogen (secondary N) is 1. The van der Waals surface area contributed by atoms with Crippen LogP contribution < -0.4 is 5.32 Å². The van der Waals surface area contributed by atoms with E-state index in [0.29, 0.717) is 6.42 Å². The van der Waals surface area contributed by atoms with Gasteiger partial charge in [0.15, 0.2) is 5.76 Å². The molecule has 4 rings (SSSR count). The first-order chi connectivity index (χ1) is 14.9. The number of nitrogens with zero attached hydrogens (tertiary/aromatic N) is 4. The molecule has 1 N–H and O–H groups in total. The number of anilines is 1. The second-order valence-corrected chi connectivity index (χ2v) is 9.21. The van der Waals surface area contributed by atoms with Gasteiger partial charge in [-0.05, 0) is 38.0 Å². The topological polar surface area (TPSA) is 74.5 Å². The summed E-state index contributed by atoms with van der Waals surface area (Å²) in [4.78, 5) is 22.0. The lowest BCUT2D eigenvalue weighted by Crippen LogP contribution is -2.45. The maximum absolute atomic E-state index is 12.5. The first kappa shape index (κ1) is 21.7. The fourth-order valence-electron chi connectivity index (χ4n) is 3.75. The second kappa shape index (κ2) is 9.72. The van der Waals surface area contributed by atoms with Gasteiger partial charge in [0.1, 0.15) is 5.01 Å². The molecule has 0 unspecified atom stereocenters. The molecule has 1 aromatic carbocycles. The molecule has 1 aliphatic heterocycles. The summed E-state index contributed by atoms with van der Waals surface area (Å²) in [7, 11) is 0. The highest BCUT2D eigenvalue weighted by atomic mass is 32.1. The molecule has 0 bridgehead atoms. The number of carbonyl (C=O) groups is 1. The molecule has 1 amide bonds. The van der Waals surface area contributed by atoms with Crippen molar-refractivity contribution in [2.45, 2.75) is 40.3 Å². The maximum atomic E-state index is 12.5. The van der Waals surface area contributed by atoms with Crippen LogP contribution in [0.1, 0.15) is 33.3 Å². The molecule has 0 aliphatic carbocycles. The minimum atomic E-state index is -0.0223. The average Bonchev–Trinajstić information content (AvgIpc) is 3.34. The van der Waals surface area contributed by atoms with E-state index in [2.05, 4.69) is 25.7 Å². The van der Waals surface area contributed by atoms with Crippen molar-refractivity contribution in [3.05, 3.63) is 62.9 Å². The Morgan fingerprint density at radius 3 is 2.55 bits per heavy atom. The summed E-state index contributed by atoms with van der Waals surface area (Å²) in [5, 5.41) is 9.91. The Morgan fingerprint density at radius 2 is 1.84 bits per heavy atom. The standard InChI is InChI=1S/C23H29N5O2S/c1-16-4-5-17(2)21(10-16)25-22(29)12-23-24-19(15-31-23)13-27-6-8-28(9-7-27)14-20-11-18(3)26-30-20/h4-5,10-11,15H,6-9,12-14H2,1-3H3,(H,25,29). The Balaban J connectivity index is 1.24. The largest absolute Gasteiger partial charge is 0.360 e. The van der Waals surface area contributed by atoms with Crippen molar-refractivity contribution in [1.82, 2.24) is 19.9 Å². The predicted molar refractivity (Wildman–Crippen MR) is 122 cm³/mol. The van der Waals surface area contributed by atoms with Crippen LogP contribution >= 0.6 is 11.3 Å². The van der Waals surface area contributed by atoms with Gasteiger partial charge in [0.2, 0.25) is 5.91 Å². The maximum Gasteiger partial charge on any atom is 0.231 e. The molecule has 1 saturated heterocycles. The third-order valence-electron chi connectivity index (χ3n) is 5.48. The number of piperazine rings is 1. The minimum absolute atomic E-state index is 0.0223. The van der Waals surface area contributed by atoms with Crippen LogP contribution in [0, 0.1) is 20.8 Å². The van der Waals surface area contributed by atoms with Gasteiger partial charge in [0.05, 0.1) is 24.4 Å². The second-order valence-electron chi connectivity index (χ2n) is 8.26. The van der Waals surface area contributed by atoms with Crippen molar-refractivity contribution in [1.29, 1.82) is 0 Å². The zero-order valence-corrected chi connectivity index (χ0v) is 19.2. The van der Waals surface area contributed by atoms with Crippen LogP contribution in [0.15, 0.2) is 34.2 Å². The molecule has 8 heteroatoms. The number of aromatic nitrogens is 2. The van der Waals surface area contributed by atoms with Gasteiger partial charge in [-0.1, -0.05) is 17.3 Å². The summed E-state index contributed by atoms with van der Waals surface area (Å²) >= 11 is 1.56. The van der Waals surface area contributed by atoms with Gasteiger partial charge in [-0.3, -0.25) is 14.6 Å². The highest BCUT2D eigenvalue weighted by molar-refractivity contribution is 7.09. The monoisotopic (exact) mass is 439 g/mol. The summed E-state index contributed by atoms with van der Waals surface area (Å²) in [6.45, 7) is 11.6. The molecule has 1 fully saturated rings. The first-order valence-electron chi connectivity index (χ1n) is 10.6. The van der Waals surface area contributed by atoms with E-state index in [0.717, 1.165) is 78.2 Å². The van der Waals surface area contributed by atoms with Crippen molar-refractivity contribution >= 4 is 22.9 Å². The third-order valence-corrected chi connectivity index (χ3v) is 6.38. The third kappa shape index (κ3) is 6.00. The lowest BCUT2D eigenvalue weighted by atomic mass is 10.1. The Hall–Kier alpha value is -2.55. The Labute approximate surface area is 187 Å². The van der Waals surface area contributed by atoms with Gasteiger partial charge in [-0.15, -0.1) is 11.3 Å². The highest BCUT2D eigenvalue weighted by Gasteiger charge is 2.19. The van der Waals surface area contributed by atoms with Gasteiger partial charge >= 0.3 is 0 Å². The summed E-state index contributed by atoms with van der Waals surface area (Å²) in [5.41, 5.74) is 5.04. The summed E-state index contributed by atoms with van der Waals surface area (Å²) in [6.07, 6.45) is 0.308. The molecule has 0 spiro atoms. The lowest BCUT2D eigenvalue weighted by Gasteiger charge is -2.33. The smallest absolute Gasteiger partial charge is 0.231 e. The van der Waals surface area contributed by atoms with Crippen molar-refractivity contribution in [2.24, 2.45) is 0 Å². The van der Waals surface area contributed by atoms with E-state index in [-0.39, 0.29) is 5.91 Å². The molecule has 0 radical (unpaired) electrons. The molecule has 31 heavy (non-hydrogen) atoms. The normalized spacial score (nSPS) is 15.3. The zero-order valence-electron chi connectivity index (χ0n) is 18.4. The molecular formula is C23H29N5O2S. The van der Waals surface area contributed by atoms with Crippen molar-refractivity contribution < 1.29 is 9.32 Å². The number of aryl methyl sites for hydroxylation is 3. The van der Waals surface area contributed by atoms with E-state index in [1.807, 2.05) is 45.0 Å². The van der Waals surface area contributed by atoms with Crippen LogP contribution in [0.25, 0.3) is 0 Å². The molecule has 7 nitrogen and oxygen atoms in total. The van der Waals surface area contributed by atoms with Crippen LogP contribution in [-0.4, -0.2) is 52.0 Å². The van der Waals surface area contributed by atoms with E-state index in [1.54, 1.807) is 11.3 Å². The molecule has 3 heterocycles. The molecule has 1 aliphatic rings. The van der Waals surface area contributed by atoms with Gasteiger partial charge in [-0.25, -0.2) is 4.98 Å². The SMILES string of the molecule is Cc1ccc(C)c(NC(=O)Cc2nc(CN3CCN(Cc4cc(C)no4)CC3)cs2)c1. The molecule has 3 aromatic rings. The van der Waals surface area contributed by atoms with E-state index < -0.39 is 0 Å². The van der Waals surface area contributed by atoms with Crippen molar-refractivity contribution in [3.63, 3.8) is 0 Å².